The van der Waals surface area contributed by atoms with Crippen molar-refractivity contribution in [2.24, 2.45) is 0 Å². The Morgan fingerprint density at radius 2 is 1.76 bits per heavy atom. The van der Waals surface area contributed by atoms with Crippen LogP contribution in [0.4, 0.5) is 0 Å². The first-order valence-electron chi connectivity index (χ1n) is 5.01. The number of halogens is 1. The number of rotatable bonds is 5. The Kier molecular flexibility index (Phi) is 4.81. The standard InChI is InChI=1S/C12H15BrO4/c1-7(14)5-8-11(16-3)9(13)6-10(15-2)12(8)17-4/h6H,5H2,1-4H3. The molecule has 94 valence electrons. The maximum absolute atomic E-state index is 11.3. The van der Waals surface area contributed by atoms with Gasteiger partial charge in [0.2, 0.25) is 0 Å². The van der Waals surface area contributed by atoms with Crippen molar-refractivity contribution < 1.29 is 19.0 Å². The molecule has 4 nitrogen and oxygen atoms in total. The van der Waals surface area contributed by atoms with Gasteiger partial charge in [0.15, 0.2) is 11.5 Å². The Balaban J connectivity index is 3.46. The normalized spacial score (nSPS) is 9.94. The highest BCUT2D eigenvalue weighted by Crippen LogP contribution is 2.43. The molecule has 0 spiro atoms. The predicted octanol–water partition coefficient (Wildman–Crippen LogP) is 2.61. The fraction of sp³-hybridized carbons (Fsp3) is 0.417. The van der Waals surface area contributed by atoms with Crippen LogP contribution in [0, 0.1) is 0 Å². The summed E-state index contributed by atoms with van der Waals surface area (Å²) in [4.78, 5) is 11.3. The largest absolute Gasteiger partial charge is 0.495 e. The molecular weight excluding hydrogens is 288 g/mol. The number of ether oxygens (including phenoxy) is 3. The SMILES string of the molecule is COc1cc(Br)c(OC)c(CC(C)=O)c1OC. The molecule has 0 bridgehead atoms. The summed E-state index contributed by atoms with van der Waals surface area (Å²) < 4.78 is 16.5. The summed E-state index contributed by atoms with van der Waals surface area (Å²) in [7, 11) is 4.64. The zero-order valence-corrected chi connectivity index (χ0v) is 11.9. The van der Waals surface area contributed by atoms with Crippen molar-refractivity contribution >= 4 is 21.7 Å². The van der Waals surface area contributed by atoms with Crippen LogP contribution in [-0.4, -0.2) is 27.1 Å². The molecule has 17 heavy (non-hydrogen) atoms. The van der Waals surface area contributed by atoms with E-state index in [-0.39, 0.29) is 12.2 Å². The van der Waals surface area contributed by atoms with E-state index in [0.29, 0.717) is 22.8 Å². The molecule has 0 unspecified atom stereocenters. The third-order valence-corrected chi connectivity index (χ3v) is 2.89. The number of methoxy groups -OCH3 is 3. The molecule has 0 saturated carbocycles. The van der Waals surface area contributed by atoms with Crippen molar-refractivity contribution in [3.8, 4) is 17.2 Å². The van der Waals surface area contributed by atoms with Gasteiger partial charge in [-0.2, -0.15) is 0 Å². The Hall–Kier alpha value is -1.23. The van der Waals surface area contributed by atoms with E-state index in [1.807, 2.05) is 0 Å². The zero-order chi connectivity index (χ0) is 13.0. The minimum absolute atomic E-state index is 0.0294. The summed E-state index contributed by atoms with van der Waals surface area (Å²) in [5.41, 5.74) is 0.689. The highest BCUT2D eigenvalue weighted by molar-refractivity contribution is 9.10. The van der Waals surface area contributed by atoms with Gasteiger partial charge in [0.25, 0.3) is 0 Å². The first-order valence-corrected chi connectivity index (χ1v) is 5.81. The number of carbonyl (C=O) groups excluding carboxylic acids is 1. The van der Waals surface area contributed by atoms with Crippen LogP contribution < -0.4 is 14.2 Å². The molecule has 0 aliphatic rings. The molecule has 0 aromatic heterocycles. The molecule has 0 heterocycles. The number of benzene rings is 1. The van der Waals surface area contributed by atoms with Gasteiger partial charge in [-0.3, -0.25) is 4.79 Å². The summed E-state index contributed by atoms with van der Waals surface area (Å²) >= 11 is 3.38. The van der Waals surface area contributed by atoms with E-state index >= 15 is 0 Å². The molecular formula is C12H15BrO4. The van der Waals surface area contributed by atoms with Gasteiger partial charge >= 0.3 is 0 Å². The molecule has 0 aliphatic carbocycles. The molecule has 0 radical (unpaired) electrons. The topological polar surface area (TPSA) is 44.8 Å². The first kappa shape index (κ1) is 13.8. The van der Waals surface area contributed by atoms with Crippen LogP contribution in [0.15, 0.2) is 10.5 Å². The lowest BCUT2D eigenvalue weighted by Crippen LogP contribution is -2.04. The smallest absolute Gasteiger partial charge is 0.168 e. The quantitative estimate of drug-likeness (QED) is 0.839. The van der Waals surface area contributed by atoms with Crippen LogP contribution in [0.25, 0.3) is 0 Å². The summed E-state index contributed by atoms with van der Waals surface area (Å²) in [6.07, 6.45) is 0.238. The van der Waals surface area contributed by atoms with E-state index < -0.39 is 0 Å². The van der Waals surface area contributed by atoms with Crippen molar-refractivity contribution in [1.82, 2.24) is 0 Å². The Bertz CT molecular complexity index is 429. The van der Waals surface area contributed by atoms with Gasteiger partial charge in [-0.05, 0) is 22.9 Å². The molecule has 0 aliphatic heterocycles. The van der Waals surface area contributed by atoms with E-state index in [9.17, 15) is 4.79 Å². The second-order valence-corrected chi connectivity index (χ2v) is 4.34. The number of carbonyl (C=O) groups is 1. The second-order valence-electron chi connectivity index (χ2n) is 3.48. The third kappa shape index (κ3) is 2.91. The molecule has 1 aromatic carbocycles. The number of Topliss-reactive ketones (excluding diaryl/α,β-unsaturated/α-hetero) is 1. The number of hydrogen-bond donors (Lipinski definition) is 0. The predicted molar refractivity (Wildman–Crippen MR) is 68.2 cm³/mol. The lowest BCUT2D eigenvalue weighted by atomic mass is 10.1. The van der Waals surface area contributed by atoms with Crippen LogP contribution >= 0.6 is 15.9 Å². The van der Waals surface area contributed by atoms with Crippen LogP contribution in [-0.2, 0) is 11.2 Å². The zero-order valence-electron chi connectivity index (χ0n) is 10.3. The van der Waals surface area contributed by atoms with Crippen molar-refractivity contribution in [2.45, 2.75) is 13.3 Å². The Labute approximate surface area is 109 Å². The van der Waals surface area contributed by atoms with Gasteiger partial charge in [-0.1, -0.05) is 0 Å². The first-order chi connectivity index (χ1) is 8.04. The van der Waals surface area contributed by atoms with Crippen molar-refractivity contribution in [3.05, 3.63) is 16.1 Å². The number of ketones is 1. The summed E-state index contributed by atoms with van der Waals surface area (Å²) in [5.74, 6) is 1.72. The highest BCUT2D eigenvalue weighted by atomic mass is 79.9. The van der Waals surface area contributed by atoms with E-state index in [4.69, 9.17) is 14.2 Å². The second kappa shape index (κ2) is 5.91. The van der Waals surface area contributed by atoms with Crippen LogP contribution in [0.1, 0.15) is 12.5 Å². The molecule has 0 N–H and O–H groups in total. The van der Waals surface area contributed by atoms with E-state index in [2.05, 4.69) is 15.9 Å². The van der Waals surface area contributed by atoms with Gasteiger partial charge in [-0.15, -0.1) is 0 Å². The fourth-order valence-corrected chi connectivity index (χ4v) is 2.26. The fourth-order valence-electron chi connectivity index (χ4n) is 1.65. The van der Waals surface area contributed by atoms with Crippen LogP contribution in [0.2, 0.25) is 0 Å². The van der Waals surface area contributed by atoms with Crippen LogP contribution in [0.3, 0.4) is 0 Å². The lowest BCUT2D eigenvalue weighted by molar-refractivity contribution is -0.116. The van der Waals surface area contributed by atoms with Gasteiger partial charge in [0.05, 0.1) is 25.8 Å². The summed E-state index contributed by atoms with van der Waals surface area (Å²) in [6.45, 7) is 1.52. The average molecular weight is 303 g/mol. The van der Waals surface area contributed by atoms with E-state index in [1.165, 1.54) is 14.0 Å². The lowest BCUT2D eigenvalue weighted by Gasteiger charge is -2.16. The van der Waals surface area contributed by atoms with Crippen molar-refractivity contribution in [3.63, 3.8) is 0 Å². The Morgan fingerprint density at radius 1 is 1.18 bits per heavy atom. The maximum Gasteiger partial charge on any atom is 0.168 e. The van der Waals surface area contributed by atoms with Gasteiger partial charge in [0.1, 0.15) is 11.5 Å². The summed E-state index contributed by atoms with van der Waals surface area (Å²) in [5, 5.41) is 0. The third-order valence-electron chi connectivity index (χ3n) is 2.30. The molecule has 1 aromatic rings. The van der Waals surface area contributed by atoms with Crippen molar-refractivity contribution in [1.29, 1.82) is 0 Å². The van der Waals surface area contributed by atoms with Gasteiger partial charge in [-0.25, -0.2) is 0 Å². The van der Waals surface area contributed by atoms with Crippen molar-refractivity contribution in [2.75, 3.05) is 21.3 Å². The molecule has 0 fully saturated rings. The minimum atomic E-state index is 0.0294. The minimum Gasteiger partial charge on any atom is -0.495 e. The molecule has 5 heteroatoms. The highest BCUT2D eigenvalue weighted by Gasteiger charge is 2.20. The number of hydrogen-bond acceptors (Lipinski definition) is 4. The van der Waals surface area contributed by atoms with Gasteiger partial charge in [0, 0.05) is 18.1 Å². The van der Waals surface area contributed by atoms with Gasteiger partial charge < -0.3 is 14.2 Å². The molecule has 0 amide bonds. The van der Waals surface area contributed by atoms with Crippen LogP contribution in [0.5, 0.6) is 17.2 Å². The Morgan fingerprint density at radius 3 is 2.18 bits per heavy atom. The molecule has 0 saturated heterocycles. The maximum atomic E-state index is 11.3. The molecule has 0 atom stereocenters. The molecule has 1 rings (SSSR count). The van der Waals surface area contributed by atoms with E-state index in [0.717, 1.165) is 4.47 Å². The van der Waals surface area contributed by atoms with E-state index in [1.54, 1.807) is 20.3 Å². The summed E-state index contributed by atoms with van der Waals surface area (Å²) in [6, 6.07) is 1.75. The monoisotopic (exact) mass is 302 g/mol. The average Bonchev–Trinajstić information content (AvgIpc) is 2.28.